The maximum Gasteiger partial charge on any atom is 0.00501 e. The van der Waals surface area contributed by atoms with E-state index < -0.39 is 0 Å². The van der Waals surface area contributed by atoms with E-state index in [1.807, 2.05) is 0 Å². The molecule has 0 spiro atoms. The van der Waals surface area contributed by atoms with Crippen LogP contribution in [0, 0.1) is 17.3 Å². The zero-order valence-corrected chi connectivity index (χ0v) is 13.9. The Morgan fingerprint density at radius 1 is 1.10 bits per heavy atom. The first kappa shape index (κ1) is 16.3. The van der Waals surface area contributed by atoms with Crippen molar-refractivity contribution in [2.45, 2.75) is 71.6 Å². The summed E-state index contributed by atoms with van der Waals surface area (Å²) in [6, 6.07) is 0. The van der Waals surface area contributed by atoms with Crippen LogP contribution >= 0.6 is 0 Å². The van der Waals surface area contributed by atoms with Crippen molar-refractivity contribution in [3.63, 3.8) is 0 Å². The summed E-state index contributed by atoms with van der Waals surface area (Å²) < 4.78 is 0. The summed E-state index contributed by atoms with van der Waals surface area (Å²) in [5.74, 6) is 1.91. The summed E-state index contributed by atoms with van der Waals surface area (Å²) >= 11 is 0. The molecule has 0 aromatic heterocycles. The Hall–Kier alpha value is -0.0800. The molecule has 2 aliphatic rings. The smallest absolute Gasteiger partial charge is 0.00501 e. The second kappa shape index (κ2) is 7.79. The van der Waals surface area contributed by atoms with Crippen molar-refractivity contribution in [1.82, 2.24) is 4.90 Å². The largest absolute Gasteiger partial charge is 0.330 e. The van der Waals surface area contributed by atoms with Gasteiger partial charge in [0.15, 0.2) is 0 Å². The van der Waals surface area contributed by atoms with Gasteiger partial charge in [0.1, 0.15) is 0 Å². The Kier molecular flexibility index (Phi) is 6.35. The topological polar surface area (TPSA) is 29.3 Å². The first-order valence-corrected chi connectivity index (χ1v) is 9.10. The minimum Gasteiger partial charge on any atom is -0.330 e. The van der Waals surface area contributed by atoms with E-state index >= 15 is 0 Å². The van der Waals surface area contributed by atoms with Crippen molar-refractivity contribution >= 4 is 0 Å². The molecule has 1 aliphatic carbocycles. The zero-order valence-electron chi connectivity index (χ0n) is 13.9. The lowest BCUT2D eigenvalue weighted by Gasteiger charge is -2.42. The van der Waals surface area contributed by atoms with Crippen LogP contribution in [0.1, 0.15) is 71.6 Å². The molecule has 2 rings (SSSR count). The second-order valence-electron chi connectivity index (χ2n) is 7.75. The Bertz CT molecular complexity index is 269. The van der Waals surface area contributed by atoms with Crippen LogP contribution in [-0.2, 0) is 0 Å². The maximum atomic E-state index is 6.19. The van der Waals surface area contributed by atoms with Crippen LogP contribution in [0.15, 0.2) is 0 Å². The van der Waals surface area contributed by atoms with Gasteiger partial charge < -0.3 is 10.6 Å². The third-order valence-corrected chi connectivity index (χ3v) is 5.96. The zero-order chi connectivity index (χ0) is 14.4. The summed E-state index contributed by atoms with van der Waals surface area (Å²) in [4.78, 5) is 2.75. The van der Waals surface area contributed by atoms with Crippen molar-refractivity contribution in [3.8, 4) is 0 Å². The minimum absolute atomic E-state index is 0.442. The molecule has 1 unspecified atom stereocenters. The van der Waals surface area contributed by atoms with E-state index in [1.54, 1.807) is 0 Å². The molecule has 2 N–H and O–H groups in total. The van der Waals surface area contributed by atoms with Gasteiger partial charge in [-0.3, -0.25) is 0 Å². The van der Waals surface area contributed by atoms with Gasteiger partial charge in [0, 0.05) is 6.54 Å². The summed E-state index contributed by atoms with van der Waals surface area (Å²) in [6.45, 7) is 9.54. The van der Waals surface area contributed by atoms with Crippen molar-refractivity contribution in [2.24, 2.45) is 23.0 Å². The molecule has 2 heteroatoms. The molecule has 20 heavy (non-hydrogen) atoms. The monoisotopic (exact) mass is 280 g/mol. The van der Waals surface area contributed by atoms with Crippen LogP contribution in [0.2, 0.25) is 0 Å². The summed E-state index contributed by atoms with van der Waals surface area (Å²) in [5.41, 5.74) is 6.63. The summed E-state index contributed by atoms with van der Waals surface area (Å²) in [6.07, 6.45) is 12.6. The first-order chi connectivity index (χ1) is 9.67. The van der Waals surface area contributed by atoms with E-state index in [-0.39, 0.29) is 0 Å². The van der Waals surface area contributed by atoms with E-state index in [2.05, 4.69) is 18.7 Å². The lowest BCUT2D eigenvalue weighted by Crippen LogP contribution is -2.45. The highest BCUT2D eigenvalue weighted by Crippen LogP contribution is 2.39. The molecule has 2 nitrogen and oxygen atoms in total. The molecular weight excluding hydrogens is 244 g/mol. The Morgan fingerprint density at radius 3 is 2.50 bits per heavy atom. The number of likely N-dealkylation sites (tertiary alicyclic amines) is 1. The molecule has 1 atom stereocenters. The number of nitrogens with two attached hydrogens (primary N) is 1. The van der Waals surface area contributed by atoms with Crippen LogP contribution in [0.25, 0.3) is 0 Å². The molecule has 0 aromatic carbocycles. The molecular formula is C18H36N2. The Morgan fingerprint density at radius 2 is 1.85 bits per heavy atom. The van der Waals surface area contributed by atoms with Gasteiger partial charge in [-0.25, -0.2) is 0 Å². The fourth-order valence-electron chi connectivity index (χ4n) is 4.36. The normalized spacial score (nSPS) is 36.8. The molecule has 2 fully saturated rings. The highest BCUT2D eigenvalue weighted by Gasteiger charge is 2.34. The standard InChI is InChI=1S/C18H36N2/c1-3-5-17-6-4-12-20(13-9-17)15-18(14-19)10-7-16(2)8-11-18/h16-17H,3-15,19H2,1-2H3. The van der Waals surface area contributed by atoms with Gasteiger partial charge in [-0.2, -0.15) is 0 Å². The maximum absolute atomic E-state index is 6.19. The van der Waals surface area contributed by atoms with E-state index in [0.29, 0.717) is 5.41 Å². The molecule has 1 heterocycles. The van der Waals surface area contributed by atoms with Crippen LogP contribution < -0.4 is 5.73 Å². The number of hydrogen-bond donors (Lipinski definition) is 1. The van der Waals surface area contributed by atoms with Crippen molar-refractivity contribution < 1.29 is 0 Å². The average Bonchev–Trinajstić information content (AvgIpc) is 2.68. The van der Waals surface area contributed by atoms with Gasteiger partial charge in [0.05, 0.1) is 0 Å². The molecule has 1 saturated carbocycles. The summed E-state index contributed by atoms with van der Waals surface area (Å²) in [7, 11) is 0. The number of hydrogen-bond acceptors (Lipinski definition) is 2. The highest BCUT2D eigenvalue weighted by atomic mass is 15.1. The summed E-state index contributed by atoms with van der Waals surface area (Å²) in [5, 5.41) is 0. The molecule has 1 saturated heterocycles. The Balaban J connectivity index is 1.85. The van der Waals surface area contributed by atoms with Gasteiger partial charge in [-0.15, -0.1) is 0 Å². The molecule has 0 aromatic rings. The van der Waals surface area contributed by atoms with Gasteiger partial charge in [0.25, 0.3) is 0 Å². The van der Waals surface area contributed by atoms with Crippen molar-refractivity contribution in [3.05, 3.63) is 0 Å². The van der Waals surface area contributed by atoms with E-state index in [1.165, 1.54) is 77.4 Å². The Labute approximate surface area is 126 Å². The first-order valence-electron chi connectivity index (χ1n) is 9.10. The van der Waals surface area contributed by atoms with Gasteiger partial charge >= 0.3 is 0 Å². The fourth-order valence-corrected chi connectivity index (χ4v) is 4.36. The van der Waals surface area contributed by atoms with Crippen molar-refractivity contribution in [1.29, 1.82) is 0 Å². The quantitative estimate of drug-likeness (QED) is 0.823. The number of nitrogens with zero attached hydrogens (tertiary/aromatic N) is 1. The molecule has 0 radical (unpaired) electrons. The third-order valence-electron chi connectivity index (χ3n) is 5.96. The fraction of sp³-hybridized carbons (Fsp3) is 1.00. The van der Waals surface area contributed by atoms with E-state index in [9.17, 15) is 0 Å². The van der Waals surface area contributed by atoms with Crippen molar-refractivity contribution in [2.75, 3.05) is 26.2 Å². The van der Waals surface area contributed by atoms with E-state index in [4.69, 9.17) is 5.73 Å². The predicted molar refractivity (Wildman–Crippen MR) is 87.8 cm³/mol. The van der Waals surface area contributed by atoms with Crippen LogP contribution in [0.4, 0.5) is 0 Å². The molecule has 0 bridgehead atoms. The average molecular weight is 280 g/mol. The molecule has 118 valence electrons. The molecule has 1 aliphatic heterocycles. The van der Waals surface area contributed by atoms with Gasteiger partial charge in [-0.1, -0.05) is 39.5 Å². The van der Waals surface area contributed by atoms with Gasteiger partial charge in [-0.05, 0) is 69.0 Å². The van der Waals surface area contributed by atoms with E-state index in [0.717, 1.165) is 18.4 Å². The minimum atomic E-state index is 0.442. The van der Waals surface area contributed by atoms with Crippen LogP contribution in [-0.4, -0.2) is 31.1 Å². The van der Waals surface area contributed by atoms with Gasteiger partial charge in [0.2, 0.25) is 0 Å². The third kappa shape index (κ3) is 4.46. The number of rotatable bonds is 5. The lowest BCUT2D eigenvalue weighted by atomic mass is 9.70. The second-order valence-corrected chi connectivity index (χ2v) is 7.75. The predicted octanol–water partition coefficient (Wildman–Crippen LogP) is 4.04. The van der Waals surface area contributed by atoms with Crippen LogP contribution in [0.5, 0.6) is 0 Å². The SMILES string of the molecule is CCCC1CCCN(CC2(CN)CCC(C)CC2)CC1. The highest BCUT2D eigenvalue weighted by molar-refractivity contribution is 4.89. The van der Waals surface area contributed by atoms with Crippen LogP contribution in [0.3, 0.4) is 0 Å². The lowest BCUT2D eigenvalue weighted by molar-refractivity contribution is 0.0959. The molecule has 0 amide bonds.